The van der Waals surface area contributed by atoms with Crippen molar-refractivity contribution in [3.8, 4) is 0 Å². The fraction of sp³-hybridized carbons (Fsp3) is 0.222. The quantitative estimate of drug-likeness (QED) is 0.486. The van der Waals surface area contributed by atoms with Crippen molar-refractivity contribution in [2.24, 2.45) is 0 Å². The van der Waals surface area contributed by atoms with Crippen LogP contribution in [0.1, 0.15) is 22.8 Å². The normalized spacial score (nSPS) is 9.92. The Bertz CT molecular complexity index is 310. The molecule has 1 aromatic carbocycles. The molecule has 1 aromatic rings. The third-order valence-electron chi connectivity index (χ3n) is 1.68. The van der Waals surface area contributed by atoms with Gasteiger partial charge < -0.3 is 5.73 Å². The molecule has 12 heavy (non-hydrogen) atoms. The zero-order valence-corrected chi connectivity index (χ0v) is 9.18. The van der Waals surface area contributed by atoms with Crippen LogP contribution in [-0.2, 0) is 0 Å². The molecule has 0 unspecified atom stereocenters. The summed E-state index contributed by atoms with van der Waals surface area (Å²) in [5.74, 6) is 0.0291. The zero-order chi connectivity index (χ0) is 9.30. The lowest BCUT2D eigenvalue weighted by Gasteiger charge is -2.06. The monoisotopic (exact) mass is 275 g/mol. The van der Waals surface area contributed by atoms with E-state index in [0.29, 0.717) is 11.3 Å². The zero-order valence-electron chi connectivity index (χ0n) is 7.02. The van der Waals surface area contributed by atoms with E-state index >= 15 is 0 Å². The molecule has 0 aromatic heterocycles. The first-order valence-corrected chi connectivity index (χ1v) is 4.67. The van der Waals surface area contributed by atoms with Gasteiger partial charge in [-0.1, -0.05) is 0 Å². The van der Waals surface area contributed by atoms with Crippen LogP contribution >= 0.6 is 22.6 Å². The predicted molar refractivity (Wildman–Crippen MR) is 58.3 cm³/mol. The minimum Gasteiger partial charge on any atom is -0.398 e. The molecule has 0 saturated carbocycles. The summed E-state index contributed by atoms with van der Waals surface area (Å²) in [6.07, 6.45) is 0. The second-order valence-corrected chi connectivity index (χ2v) is 3.99. The van der Waals surface area contributed by atoms with Crippen LogP contribution in [0.25, 0.3) is 0 Å². The average molecular weight is 275 g/mol. The molecule has 0 aliphatic rings. The molecule has 0 radical (unpaired) electrons. The van der Waals surface area contributed by atoms with E-state index in [0.717, 1.165) is 9.13 Å². The number of anilines is 1. The molecule has 2 nitrogen and oxygen atoms in total. The van der Waals surface area contributed by atoms with Crippen molar-refractivity contribution in [1.29, 1.82) is 0 Å². The third kappa shape index (κ3) is 1.77. The summed E-state index contributed by atoms with van der Waals surface area (Å²) in [7, 11) is 0. The fourth-order valence-electron chi connectivity index (χ4n) is 1.25. The molecule has 0 heterocycles. The number of ketones is 1. The summed E-state index contributed by atoms with van der Waals surface area (Å²) < 4.78 is 1.06. The van der Waals surface area contributed by atoms with Crippen molar-refractivity contribution in [3.05, 3.63) is 26.8 Å². The van der Waals surface area contributed by atoms with E-state index in [9.17, 15) is 4.79 Å². The molecule has 64 valence electrons. The number of nitrogens with two attached hydrogens (primary N) is 1. The van der Waals surface area contributed by atoms with Crippen LogP contribution in [0.4, 0.5) is 5.69 Å². The standard InChI is InChI=1S/C9H10INO/c1-5-3-7(10)4-8(11)9(5)6(2)12/h3-4H,11H2,1-2H3. The highest BCUT2D eigenvalue weighted by atomic mass is 127. The van der Waals surface area contributed by atoms with Gasteiger partial charge in [0.1, 0.15) is 0 Å². The molecule has 0 fully saturated rings. The van der Waals surface area contributed by atoms with Crippen LogP contribution in [0, 0.1) is 10.5 Å². The molecule has 0 aliphatic heterocycles. The number of hydrogen-bond donors (Lipinski definition) is 1. The van der Waals surface area contributed by atoms with E-state index in [1.165, 1.54) is 6.92 Å². The van der Waals surface area contributed by atoms with Crippen molar-refractivity contribution in [1.82, 2.24) is 0 Å². The van der Waals surface area contributed by atoms with Gasteiger partial charge in [0, 0.05) is 14.8 Å². The van der Waals surface area contributed by atoms with Crippen LogP contribution in [-0.4, -0.2) is 5.78 Å². The molecule has 0 aliphatic carbocycles. The first-order chi connectivity index (χ1) is 5.52. The van der Waals surface area contributed by atoms with Gasteiger partial charge >= 0.3 is 0 Å². The Morgan fingerprint density at radius 1 is 1.50 bits per heavy atom. The van der Waals surface area contributed by atoms with E-state index < -0.39 is 0 Å². The van der Waals surface area contributed by atoms with Gasteiger partial charge in [0.05, 0.1) is 0 Å². The predicted octanol–water partition coefficient (Wildman–Crippen LogP) is 2.38. The minimum atomic E-state index is 0.0291. The van der Waals surface area contributed by atoms with E-state index in [-0.39, 0.29) is 5.78 Å². The van der Waals surface area contributed by atoms with Crippen molar-refractivity contribution in [2.45, 2.75) is 13.8 Å². The molecule has 0 spiro atoms. The summed E-state index contributed by atoms with van der Waals surface area (Å²) in [6, 6.07) is 3.76. The van der Waals surface area contributed by atoms with Crippen LogP contribution < -0.4 is 5.73 Å². The Balaban J connectivity index is 3.38. The van der Waals surface area contributed by atoms with Gasteiger partial charge in [-0.15, -0.1) is 0 Å². The Morgan fingerprint density at radius 3 is 2.50 bits per heavy atom. The topological polar surface area (TPSA) is 43.1 Å². The van der Waals surface area contributed by atoms with Gasteiger partial charge in [0.2, 0.25) is 0 Å². The lowest BCUT2D eigenvalue weighted by atomic mass is 10.0. The Labute approximate surface area is 85.3 Å². The highest BCUT2D eigenvalue weighted by Crippen LogP contribution is 2.20. The van der Waals surface area contributed by atoms with Gasteiger partial charge in [-0.2, -0.15) is 0 Å². The molecule has 1 rings (SSSR count). The van der Waals surface area contributed by atoms with Crippen molar-refractivity contribution in [3.63, 3.8) is 0 Å². The molecule has 0 atom stereocenters. The molecular formula is C9H10INO. The summed E-state index contributed by atoms with van der Waals surface area (Å²) in [5.41, 5.74) is 7.87. The fourth-order valence-corrected chi connectivity index (χ4v) is 2.05. The third-order valence-corrected chi connectivity index (χ3v) is 2.31. The van der Waals surface area contributed by atoms with Crippen LogP contribution in [0.2, 0.25) is 0 Å². The van der Waals surface area contributed by atoms with Gasteiger partial charge in [0.25, 0.3) is 0 Å². The average Bonchev–Trinajstić information content (AvgIpc) is 1.82. The minimum absolute atomic E-state index is 0.0291. The van der Waals surface area contributed by atoms with Crippen LogP contribution in [0.3, 0.4) is 0 Å². The van der Waals surface area contributed by atoms with Crippen molar-refractivity contribution >= 4 is 34.1 Å². The smallest absolute Gasteiger partial charge is 0.162 e. The van der Waals surface area contributed by atoms with Crippen LogP contribution in [0.5, 0.6) is 0 Å². The Kier molecular flexibility index (Phi) is 2.72. The molecule has 0 saturated heterocycles. The molecule has 0 amide bonds. The summed E-state index contributed by atoms with van der Waals surface area (Å²) in [6.45, 7) is 3.43. The van der Waals surface area contributed by atoms with E-state index in [2.05, 4.69) is 22.6 Å². The van der Waals surface area contributed by atoms with Gasteiger partial charge in [0.15, 0.2) is 5.78 Å². The van der Waals surface area contributed by atoms with Crippen molar-refractivity contribution < 1.29 is 4.79 Å². The summed E-state index contributed by atoms with van der Waals surface area (Å²) in [5, 5.41) is 0. The van der Waals surface area contributed by atoms with E-state index in [1.54, 1.807) is 0 Å². The first-order valence-electron chi connectivity index (χ1n) is 3.59. The number of nitrogen functional groups attached to an aromatic ring is 1. The van der Waals surface area contributed by atoms with E-state index in [1.807, 2.05) is 19.1 Å². The highest BCUT2D eigenvalue weighted by molar-refractivity contribution is 14.1. The number of Topliss-reactive ketones (excluding diaryl/α,β-unsaturated/α-hetero) is 1. The number of benzene rings is 1. The molecule has 2 N–H and O–H groups in total. The number of carbonyl (C=O) groups is 1. The lowest BCUT2D eigenvalue weighted by Crippen LogP contribution is -2.02. The van der Waals surface area contributed by atoms with Gasteiger partial charge in [-0.05, 0) is 54.1 Å². The second-order valence-electron chi connectivity index (χ2n) is 2.74. The maximum Gasteiger partial charge on any atom is 0.162 e. The number of hydrogen-bond acceptors (Lipinski definition) is 2. The van der Waals surface area contributed by atoms with Crippen molar-refractivity contribution in [2.75, 3.05) is 5.73 Å². The lowest BCUT2D eigenvalue weighted by molar-refractivity contribution is 0.101. The molecule has 0 bridgehead atoms. The summed E-state index contributed by atoms with van der Waals surface area (Å²) in [4.78, 5) is 11.1. The SMILES string of the molecule is CC(=O)c1c(C)cc(I)cc1N. The number of rotatable bonds is 1. The number of halogens is 1. The highest BCUT2D eigenvalue weighted by Gasteiger charge is 2.08. The maximum absolute atomic E-state index is 11.1. The second kappa shape index (κ2) is 3.43. The molecule has 3 heteroatoms. The largest absolute Gasteiger partial charge is 0.398 e. The van der Waals surface area contributed by atoms with Crippen LogP contribution in [0.15, 0.2) is 12.1 Å². The maximum atomic E-state index is 11.1. The number of carbonyl (C=O) groups excluding carboxylic acids is 1. The Morgan fingerprint density at radius 2 is 2.08 bits per heavy atom. The van der Waals surface area contributed by atoms with Gasteiger partial charge in [-0.3, -0.25) is 4.79 Å². The summed E-state index contributed by atoms with van der Waals surface area (Å²) >= 11 is 2.18. The van der Waals surface area contributed by atoms with E-state index in [4.69, 9.17) is 5.73 Å². The Hall–Kier alpha value is -0.580. The molecular weight excluding hydrogens is 265 g/mol. The first kappa shape index (κ1) is 9.51. The van der Waals surface area contributed by atoms with Gasteiger partial charge in [-0.25, -0.2) is 0 Å². The number of aryl methyl sites for hydroxylation is 1.